The third-order valence-corrected chi connectivity index (χ3v) is 9.55. The number of furan rings is 1. The summed E-state index contributed by atoms with van der Waals surface area (Å²) < 4.78 is 6.35. The first kappa shape index (κ1) is 34.7. The van der Waals surface area contributed by atoms with E-state index in [4.69, 9.17) is 21.3 Å². The number of benzene rings is 6. The minimum Gasteiger partial charge on any atom is -0.456 e. The summed E-state index contributed by atoms with van der Waals surface area (Å²) in [5.74, 6) is 1.40. The fourth-order valence-electron chi connectivity index (χ4n) is 6.82. The van der Waals surface area contributed by atoms with E-state index in [0.717, 1.165) is 68.7 Å². The lowest BCUT2D eigenvalue weighted by Gasteiger charge is -2.17. The van der Waals surface area contributed by atoms with Crippen molar-refractivity contribution in [3.63, 3.8) is 0 Å². The fraction of sp³-hybridized carbons (Fsp3) is 0.0833. The highest BCUT2D eigenvalue weighted by molar-refractivity contribution is 6.10. The summed E-state index contributed by atoms with van der Waals surface area (Å²) in [7, 11) is 0. The maximum absolute atomic E-state index is 8.32. The van der Waals surface area contributed by atoms with Crippen LogP contribution in [0, 0.1) is 12.3 Å². The van der Waals surface area contributed by atoms with Gasteiger partial charge in [0, 0.05) is 38.9 Å². The van der Waals surface area contributed by atoms with Gasteiger partial charge >= 0.3 is 0 Å². The summed E-state index contributed by atoms with van der Waals surface area (Å²) >= 11 is 0. The van der Waals surface area contributed by atoms with Gasteiger partial charge in [0.05, 0.1) is 0 Å². The highest BCUT2D eigenvalue weighted by atomic mass is 16.3. The molecule has 0 aliphatic heterocycles. The van der Waals surface area contributed by atoms with Crippen LogP contribution in [0.5, 0.6) is 0 Å². The summed E-state index contributed by atoms with van der Waals surface area (Å²) in [6.45, 7) is 4.11. The van der Waals surface area contributed by atoms with Gasteiger partial charge in [-0.1, -0.05) is 157 Å². The van der Waals surface area contributed by atoms with Crippen LogP contribution in [-0.2, 0) is 6.42 Å². The summed E-state index contributed by atoms with van der Waals surface area (Å²) in [6, 6.07) is 48.7. The molecule has 260 valence electrons. The largest absolute Gasteiger partial charge is 0.456 e. The number of amidine groups is 2. The third kappa shape index (κ3) is 7.51. The van der Waals surface area contributed by atoms with Gasteiger partial charge in [0.25, 0.3) is 0 Å². The number of para-hydroxylation sites is 1. The van der Waals surface area contributed by atoms with Crippen molar-refractivity contribution in [1.29, 1.82) is 5.41 Å². The number of nitrogens with zero attached hydrogens (tertiary/aromatic N) is 1. The zero-order valence-corrected chi connectivity index (χ0v) is 30.0. The fourth-order valence-corrected chi connectivity index (χ4v) is 6.82. The lowest BCUT2D eigenvalue weighted by atomic mass is 9.88. The van der Waals surface area contributed by atoms with E-state index in [0.29, 0.717) is 17.1 Å². The van der Waals surface area contributed by atoms with E-state index in [1.54, 1.807) is 0 Å². The van der Waals surface area contributed by atoms with Gasteiger partial charge in [0.15, 0.2) is 5.84 Å². The average molecular weight is 691 g/mol. The number of anilines is 1. The van der Waals surface area contributed by atoms with E-state index in [1.165, 1.54) is 16.5 Å². The lowest BCUT2D eigenvalue weighted by molar-refractivity contribution is 0.596. The van der Waals surface area contributed by atoms with Gasteiger partial charge in [-0.05, 0) is 66.7 Å². The first-order chi connectivity index (χ1) is 25.9. The number of hydrogen-bond acceptors (Lipinski definition) is 3. The smallest absolute Gasteiger partial charge is 0.154 e. The number of nitrogen functional groups attached to an aromatic ring is 1. The Labute approximate surface area is 311 Å². The van der Waals surface area contributed by atoms with Crippen LogP contribution in [0.3, 0.4) is 0 Å². The van der Waals surface area contributed by atoms with E-state index in [2.05, 4.69) is 90.8 Å². The van der Waals surface area contributed by atoms with Gasteiger partial charge in [0.2, 0.25) is 0 Å². The van der Waals surface area contributed by atoms with Crippen LogP contribution in [-0.4, -0.2) is 11.7 Å². The van der Waals surface area contributed by atoms with Crippen molar-refractivity contribution in [2.45, 2.75) is 26.7 Å². The molecule has 0 spiro atoms. The maximum Gasteiger partial charge on any atom is 0.154 e. The van der Waals surface area contributed by atoms with Gasteiger partial charge in [-0.25, -0.2) is 4.99 Å². The second-order valence-corrected chi connectivity index (χ2v) is 13.1. The molecule has 5 N–H and O–H groups in total. The zero-order chi connectivity index (χ0) is 36.7. The van der Waals surface area contributed by atoms with E-state index in [9.17, 15) is 0 Å². The molecule has 0 radical (unpaired) electrons. The number of nitrogens with two attached hydrogens (primary N) is 2. The Morgan fingerprint density at radius 1 is 0.698 bits per heavy atom. The molecule has 5 heteroatoms. The minimum absolute atomic E-state index is 0.126. The first-order valence-corrected chi connectivity index (χ1v) is 17.9. The van der Waals surface area contributed by atoms with Crippen LogP contribution in [0.1, 0.15) is 52.5 Å². The topological polar surface area (TPSA) is 101 Å². The number of aliphatic imine (C=N–C) groups is 1. The molecule has 0 atom stereocenters. The Morgan fingerprint density at radius 3 is 1.98 bits per heavy atom. The van der Waals surface area contributed by atoms with Crippen LogP contribution in [0.4, 0.5) is 5.69 Å². The first-order valence-electron chi connectivity index (χ1n) is 17.9. The van der Waals surface area contributed by atoms with Crippen molar-refractivity contribution in [2.75, 3.05) is 5.73 Å². The molecule has 0 bridgehead atoms. The predicted octanol–water partition coefficient (Wildman–Crippen LogP) is 11.5. The third-order valence-electron chi connectivity index (χ3n) is 9.55. The van der Waals surface area contributed by atoms with Crippen molar-refractivity contribution < 1.29 is 4.42 Å². The molecule has 0 saturated heterocycles. The normalized spacial score (nSPS) is 12.6. The Kier molecular flexibility index (Phi) is 10.3. The molecule has 7 aromatic rings. The van der Waals surface area contributed by atoms with Crippen LogP contribution < -0.4 is 11.5 Å². The molecule has 0 saturated carbocycles. The van der Waals surface area contributed by atoms with E-state index >= 15 is 0 Å². The summed E-state index contributed by atoms with van der Waals surface area (Å²) in [6.07, 6.45) is 8.42. The number of fused-ring (bicyclic) bond motifs is 3. The Bertz CT molecular complexity index is 2470. The maximum atomic E-state index is 8.32. The highest BCUT2D eigenvalue weighted by Gasteiger charge is 2.19. The monoisotopic (exact) mass is 690 g/mol. The van der Waals surface area contributed by atoms with Crippen molar-refractivity contribution in [3.05, 3.63) is 197 Å². The molecule has 0 fully saturated rings. The predicted molar refractivity (Wildman–Crippen MR) is 223 cm³/mol. The van der Waals surface area contributed by atoms with Gasteiger partial charge in [-0.2, -0.15) is 0 Å². The summed E-state index contributed by atoms with van der Waals surface area (Å²) in [5.41, 5.74) is 26.0. The van der Waals surface area contributed by atoms with Gasteiger partial charge < -0.3 is 15.9 Å². The molecule has 1 aromatic heterocycles. The standard InChI is InChI=1S/C41H34N4O.C7H8/c1-2-31(26-22-24-30(25-23-26)41(44)45-40(43)29-10-4-3-5-11-29)38-32(13-9-16-36(38)42)27-18-20-28(21-19-27)33-14-8-15-35-34-12-6-7-17-37(34)46-39(33)35;1-7-5-3-2-4-6-7/h2-5,7-11,13-25H,6,12,42H2,1H3,(H3,43,44,45);2-6H,1H3/b31-2-;. The molecule has 6 aromatic carbocycles. The Balaban J connectivity index is 0.000000559. The molecule has 8 rings (SSSR count). The van der Waals surface area contributed by atoms with Crippen LogP contribution in [0.2, 0.25) is 0 Å². The van der Waals surface area contributed by atoms with Crippen molar-refractivity contribution in [3.8, 4) is 22.3 Å². The SMILES string of the molecule is C/C=C(/c1ccc(C(N)=NC(=N)c2ccccc2)cc1)c1c(N)cccc1-c1ccc(-c2cccc3c4c(oc23)C=CCC4)cc1.Cc1ccccc1. The second-order valence-electron chi connectivity index (χ2n) is 13.1. The molecule has 1 heterocycles. The summed E-state index contributed by atoms with van der Waals surface area (Å²) in [4.78, 5) is 4.33. The second kappa shape index (κ2) is 15.7. The van der Waals surface area contributed by atoms with Gasteiger partial charge in [0.1, 0.15) is 17.2 Å². The molecule has 53 heavy (non-hydrogen) atoms. The molecule has 0 amide bonds. The molecule has 1 aliphatic carbocycles. The molecular weight excluding hydrogens is 649 g/mol. The van der Waals surface area contributed by atoms with Crippen molar-refractivity contribution >= 4 is 40.0 Å². The van der Waals surface area contributed by atoms with Crippen LogP contribution >= 0.6 is 0 Å². The van der Waals surface area contributed by atoms with E-state index in [1.807, 2.05) is 91.9 Å². The number of allylic oxidation sites excluding steroid dienone is 2. The van der Waals surface area contributed by atoms with Gasteiger partial charge in [-0.15, -0.1) is 0 Å². The van der Waals surface area contributed by atoms with Crippen molar-refractivity contribution in [1.82, 2.24) is 0 Å². The number of aryl methyl sites for hydroxylation is 2. The quantitative estimate of drug-likeness (QED) is 0.0919. The summed E-state index contributed by atoms with van der Waals surface area (Å²) in [5, 5.41) is 9.52. The number of nitrogens with one attached hydrogen (secondary N) is 1. The molecular formula is C48H42N4O. The highest BCUT2D eigenvalue weighted by Crippen LogP contribution is 2.40. The number of rotatable bonds is 6. The van der Waals surface area contributed by atoms with Crippen LogP contribution in [0.15, 0.2) is 167 Å². The molecule has 5 nitrogen and oxygen atoms in total. The Hall–Kier alpha value is -6.72. The Morgan fingerprint density at radius 2 is 1.32 bits per heavy atom. The van der Waals surface area contributed by atoms with Crippen molar-refractivity contribution in [2.24, 2.45) is 10.7 Å². The zero-order valence-electron chi connectivity index (χ0n) is 30.0. The molecule has 0 unspecified atom stereocenters. The minimum atomic E-state index is 0.126. The molecule has 1 aliphatic rings. The average Bonchev–Trinajstić information content (AvgIpc) is 3.59. The van der Waals surface area contributed by atoms with E-state index in [-0.39, 0.29) is 5.84 Å². The van der Waals surface area contributed by atoms with Gasteiger partial charge in [-0.3, -0.25) is 5.41 Å². The number of hydrogen-bond donors (Lipinski definition) is 3. The lowest BCUT2D eigenvalue weighted by Crippen LogP contribution is -2.16. The van der Waals surface area contributed by atoms with Crippen LogP contribution in [0.25, 0.3) is 44.9 Å². The van der Waals surface area contributed by atoms with E-state index < -0.39 is 0 Å².